The van der Waals surface area contributed by atoms with Crippen molar-refractivity contribution in [2.75, 3.05) is 30.8 Å². The third kappa shape index (κ3) is 3.39. The molecule has 0 radical (unpaired) electrons. The van der Waals surface area contributed by atoms with E-state index in [1.165, 1.54) is 0 Å². The van der Waals surface area contributed by atoms with E-state index < -0.39 is 0 Å². The predicted molar refractivity (Wildman–Crippen MR) is 77.0 cm³/mol. The fourth-order valence-electron chi connectivity index (χ4n) is 1.93. The summed E-state index contributed by atoms with van der Waals surface area (Å²) in [7, 11) is 1.64. The second kappa shape index (κ2) is 6.89. The number of anilines is 2. The first kappa shape index (κ1) is 14.4. The van der Waals surface area contributed by atoms with Gasteiger partial charge in [0, 0.05) is 25.8 Å². The quantitative estimate of drug-likeness (QED) is 0.760. The number of rotatable bonds is 6. The SMILES string of the molecule is CCCCN(CC)c1cc(N)ccc1C(=O)NC. The number of nitrogens with one attached hydrogen (secondary N) is 1. The van der Waals surface area contributed by atoms with Crippen LogP contribution in [0.15, 0.2) is 18.2 Å². The van der Waals surface area contributed by atoms with Gasteiger partial charge in [0.2, 0.25) is 0 Å². The zero-order valence-electron chi connectivity index (χ0n) is 11.5. The maximum atomic E-state index is 11.9. The first-order valence-corrected chi connectivity index (χ1v) is 6.50. The minimum absolute atomic E-state index is 0.0695. The van der Waals surface area contributed by atoms with Gasteiger partial charge in [-0.25, -0.2) is 0 Å². The van der Waals surface area contributed by atoms with Gasteiger partial charge in [-0.05, 0) is 31.5 Å². The van der Waals surface area contributed by atoms with Gasteiger partial charge >= 0.3 is 0 Å². The summed E-state index contributed by atoms with van der Waals surface area (Å²) in [4.78, 5) is 14.1. The third-order valence-corrected chi connectivity index (χ3v) is 3.00. The molecule has 0 saturated heterocycles. The lowest BCUT2D eigenvalue weighted by Gasteiger charge is -2.25. The molecule has 1 aromatic rings. The average molecular weight is 249 g/mol. The van der Waals surface area contributed by atoms with Crippen molar-refractivity contribution in [1.29, 1.82) is 0 Å². The number of unbranched alkanes of at least 4 members (excludes halogenated alkanes) is 1. The molecule has 18 heavy (non-hydrogen) atoms. The van der Waals surface area contributed by atoms with Crippen LogP contribution in [0.4, 0.5) is 11.4 Å². The molecule has 0 fully saturated rings. The molecule has 0 spiro atoms. The van der Waals surface area contributed by atoms with Crippen LogP contribution in [-0.4, -0.2) is 26.0 Å². The van der Waals surface area contributed by atoms with E-state index in [1.54, 1.807) is 19.2 Å². The van der Waals surface area contributed by atoms with E-state index in [2.05, 4.69) is 24.1 Å². The lowest BCUT2D eigenvalue weighted by atomic mass is 10.1. The molecule has 0 bridgehead atoms. The van der Waals surface area contributed by atoms with Crippen molar-refractivity contribution in [2.24, 2.45) is 0 Å². The first-order chi connectivity index (χ1) is 8.63. The van der Waals surface area contributed by atoms with Gasteiger partial charge in [0.25, 0.3) is 5.91 Å². The minimum atomic E-state index is -0.0695. The fourth-order valence-corrected chi connectivity index (χ4v) is 1.93. The van der Waals surface area contributed by atoms with Crippen LogP contribution in [-0.2, 0) is 0 Å². The molecule has 0 unspecified atom stereocenters. The Kier molecular flexibility index (Phi) is 5.49. The Labute approximate surface area is 109 Å². The summed E-state index contributed by atoms with van der Waals surface area (Å²) in [5.41, 5.74) is 8.13. The molecule has 0 aromatic heterocycles. The highest BCUT2D eigenvalue weighted by molar-refractivity contribution is 6.00. The number of carbonyl (C=O) groups is 1. The van der Waals surface area contributed by atoms with Crippen LogP contribution in [0.1, 0.15) is 37.0 Å². The molecule has 0 atom stereocenters. The van der Waals surface area contributed by atoms with E-state index in [-0.39, 0.29) is 5.91 Å². The Bertz CT molecular complexity index is 404. The molecule has 1 aromatic carbocycles. The number of nitrogens with zero attached hydrogens (tertiary/aromatic N) is 1. The van der Waals surface area contributed by atoms with E-state index in [0.29, 0.717) is 11.3 Å². The number of nitrogen functional groups attached to an aromatic ring is 1. The summed E-state index contributed by atoms with van der Waals surface area (Å²) >= 11 is 0. The Balaban J connectivity index is 3.09. The smallest absolute Gasteiger partial charge is 0.253 e. The molecule has 0 aliphatic heterocycles. The number of carbonyl (C=O) groups excluding carboxylic acids is 1. The van der Waals surface area contributed by atoms with E-state index in [0.717, 1.165) is 31.6 Å². The number of amides is 1. The highest BCUT2D eigenvalue weighted by Crippen LogP contribution is 2.24. The van der Waals surface area contributed by atoms with E-state index >= 15 is 0 Å². The van der Waals surface area contributed by atoms with Crippen LogP contribution in [0.3, 0.4) is 0 Å². The van der Waals surface area contributed by atoms with Crippen molar-refractivity contribution in [1.82, 2.24) is 5.32 Å². The molecule has 1 rings (SSSR count). The normalized spacial score (nSPS) is 10.2. The van der Waals surface area contributed by atoms with Crippen molar-refractivity contribution >= 4 is 17.3 Å². The zero-order chi connectivity index (χ0) is 13.5. The van der Waals surface area contributed by atoms with Gasteiger partial charge in [-0.3, -0.25) is 4.79 Å². The van der Waals surface area contributed by atoms with Crippen LogP contribution in [0.5, 0.6) is 0 Å². The Morgan fingerprint density at radius 3 is 2.67 bits per heavy atom. The van der Waals surface area contributed by atoms with Crippen LogP contribution < -0.4 is 16.0 Å². The molecular formula is C14H23N3O. The van der Waals surface area contributed by atoms with Gasteiger partial charge in [0.05, 0.1) is 11.3 Å². The molecule has 100 valence electrons. The monoisotopic (exact) mass is 249 g/mol. The second-order valence-corrected chi connectivity index (χ2v) is 4.29. The largest absolute Gasteiger partial charge is 0.399 e. The Morgan fingerprint density at radius 2 is 2.11 bits per heavy atom. The maximum Gasteiger partial charge on any atom is 0.253 e. The fraction of sp³-hybridized carbons (Fsp3) is 0.500. The number of hydrogen-bond donors (Lipinski definition) is 2. The molecule has 3 N–H and O–H groups in total. The van der Waals surface area contributed by atoms with Crippen LogP contribution in [0.25, 0.3) is 0 Å². The van der Waals surface area contributed by atoms with Gasteiger partial charge in [0.1, 0.15) is 0 Å². The summed E-state index contributed by atoms with van der Waals surface area (Å²) in [5.74, 6) is -0.0695. The van der Waals surface area contributed by atoms with Crippen LogP contribution >= 0.6 is 0 Å². The van der Waals surface area contributed by atoms with Crippen molar-refractivity contribution < 1.29 is 4.79 Å². The van der Waals surface area contributed by atoms with Gasteiger partial charge in [-0.15, -0.1) is 0 Å². The molecule has 0 saturated carbocycles. The van der Waals surface area contributed by atoms with E-state index in [4.69, 9.17) is 5.73 Å². The molecule has 0 aliphatic rings. The highest BCUT2D eigenvalue weighted by atomic mass is 16.1. The molecule has 4 nitrogen and oxygen atoms in total. The van der Waals surface area contributed by atoms with Crippen molar-refractivity contribution in [3.63, 3.8) is 0 Å². The summed E-state index contributed by atoms with van der Waals surface area (Å²) in [6, 6.07) is 5.43. The van der Waals surface area contributed by atoms with Gasteiger partial charge in [0.15, 0.2) is 0 Å². The van der Waals surface area contributed by atoms with E-state index in [9.17, 15) is 4.79 Å². The van der Waals surface area contributed by atoms with Gasteiger partial charge in [-0.2, -0.15) is 0 Å². The lowest BCUT2D eigenvalue weighted by molar-refractivity contribution is 0.0963. The first-order valence-electron chi connectivity index (χ1n) is 6.50. The van der Waals surface area contributed by atoms with Crippen molar-refractivity contribution in [3.05, 3.63) is 23.8 Å². The topological polar surface area (TPSA) is 58.4 Å². The van der Waals surface area contributed by atoms with Gasteiger partial charge in [-0.1, -0.05) is 13.3 Å². The second-order valence-electron chi connectivity index (χ2n) is 4.29. The Hall–Kier alpha value is -1.71. The molecule has 0 aliphatic carbocycles. The number of benzene rings is 1. The lowest BCUT2D eigenvalue weighted by Crippen LogP contribution is -2.28. The Morgan fingerprint density at radius 1 is 1.39 bits per heavy atom. The number of hydrogen-bond acceptors (Lipinski definition) is 3. The molecule has 4 heteroatoms. The predicted octanol–water partition coefficient (Wildman–Crippen LogP) is 2.25. The maximum absolute atomic E-state index is 11.9. The van der Waals surface area contributed by atoms with E-state index in [1.807, 2.05) is 6.07 Å². The number of nitrogens with two attached hydrogens (primary N) is 1. The van der Waals surface area contributed by atoms with Crippen molar-refractivity contribution in [3.8, 4) is 0 Å². The standard InChI is InChI=1S/C14H23N3O/c1-4-6-9-17(5-2)13-10-11(15)7-8-12(13)14(18)16-3/h7-8,10H,4-6,9,15H2,1-3H3,(H,16,18). The van der Waals surface area contributed by atoms with Gasteiger partial charge < -0.3 is 16.0 Å². The summed E-state index contributed by atoms with van der Waals surface area (Å²) in [5, 5.41) is 2.67. The molecular weight excluding hydrogens is 226 g/mol. The average Bonchev–Trinajstić information content (AvgIpc) is 2.39. The summed E-state index contributed by atoms with van der Waals surface area (Å²) in [6.45, 7) is 6.06. The highest BCUT2D eigenvalue weighted by Gasteiger charge is 2.14. The third-order valence-electron chi connectivity index (χ3n) is 3.00. The minimum Gasteiger partial charge on any atom is -0.399 e. The van der Waals surface area contributed by atoms with Crippen LogP contribution in [0.2, 0.25) is 0 Å². The zero-order valence-corrected chi connectivity index (χ0v) is 11.5. The molecule has 0 heterocycles. The van der Waals surface area contributed by atoms with Crippen molar-refractivity contribution in [2.45, 2.75) is 26.7 Å². The molecule has 1 amide bonds. The summed E-state index contributed by atoms with van der Waals surface area (Å²) < 4.78 is 0. The van der Waals surface area contributed by atoms with Crippen LogP contribution in [0, 0.1) is 0 Å². The summed E-state index contributed by atoms with van der Waals surface area (Å²) in [6.07, 6.45) is 2.24.